The highest BCUT2D eigenvalue weighted by atomic mass is 32.2. The predicted octanol–water partition coefficient (Wildman–Crippen LogP) is 2.26. The molecule has 1 amide bonds. The van der Waals surface area contributed by atoms with Gasteiger partial charge in [0, 0.05) is 20.6 Å². The van der Waals surface area contributed by atoms with Crippen LogP contribution in [0.25, 0.3) is 0 Å². The van der Waals surface area contributed by atoms with Crippen LogP contribution in [0.2, 0.25) is 0 Å². The average molecular weight is 463 g/mol. The lowest BCUT2D eigenvalue weighted by molar-refractivity contribution is -0.148. The first-order chi connectivity index (χ1) is 15.2. The highest BCUT2D eigenvalue weighted by Crippen LogP contribution is 2.31. The number of rotatable bonds is 7. The number of esters is 1. The summed E-state index contributed by atoms with van der Waals surface area (Å²) in [5.74, 6) is -0.791. The summed E-state index contributed by atoms with van der Waals surface area (Å²) < 4.78 is 33.6. The maximum atomic E-state index is 13.1. The lowest BCUT2D eigenvalue weighted by Crippen LogP contribution is -2.38. The molecule has 1 aliphatic carbocycles. The van der Waals surface area contributed by atoms with E-state index in [9.17, 15) is 18.0 Å². The highest BCUT2D eigenvalue weighted by Gasteiger charge is 2.33. The van der Waals surface area contributed by atoms with E-state index in [1.54, 1.807) is 19.2 Å². The molecule has 1 aromatic heterocycles. The molecule has 2 atom stereocenters. The van der Waals surface area contributed by atoms with Gasteiger partial charge in [-0.25, -0.2) is 8.42 Å². The molecule has 2 aromatic rings. The van der Waals surface area contributed by atoms with Crippen molar-refractivity contribution in [1.29, 1.82) is 0 Å². The Hall–Kier alpha value is -2.88. The molecule has 9 nitrogen and oxygen atoms in total. The fourth-order valence-electron chi connectivity index (χ4n) is 4.18. The summed E-state index contributed by atoms with van der Waals surface area (Å²) in [5.41, 5.74) is 1.09. The zero-order valence-electron chi connectivity index (χ0n) is 18.9. The SMILES string of the molecule is COC(=O)C1CCCCC1CNC(=O)c1cnn(C)c1N(C)S(=O)(=O)c1ccc(C)cc1. The summed E-state index contributed by atoms with van der Waals surface area (Å²) >= 11 is 0. The van der Waals surface area contributed by atoms with Gasteiger partial charge in [-0.15, -0.1) is 0 Å². The van der Waals surface area contributed by atoms with Crippen molar-refractivity contribution in [3.8, 4) is 0 Å². The molecule has 0 saturated heterocycles. The van der Waals surface area contributed by atoms with Crippen molar-refractivity contribution in [2.24, 2.45) is 18.9 Å². The third kappa shape index (κ3) is 4.79. The molecule has 3 rings (SSSR count). The van der Waals surface area contributed by atoms with E-state index in [4.69, 9.17) is 4.74 Å². The average Bonchev–Trinajstić information content (AvgIpc) is 3.18. The van der Waals surface area contributed by atoms with Crippen molar-refractivity contribution in [3.63, 3.8) is 0 Å². The molecule has 1 fully saturated rings. The number of nitrogens with one attached hydrogen (secondary N) is 1. The molecule has 1 aliphatic rings. The predicted molar refractivity (Wildman–Crippen MR) is 120 cm³/mol. The molecule has 0 radical (unpaired) electrons. The Kier molecular flexibility index (Phi) is 7.22. The van der Waals surface area contributed by atoms with Gasteiger partial charge in [0.25, 0.3) is 15.9 Å². The fourth-order valence-corrected chi connectivity index (χ4v) is 5.42. The van der Waals surface area contributed by atoms with Gasteiger partial charge >= 0.3 is 5.97 Å². The number of hydrogen-bond acceptors (Lipinski definition) is 6. The topological polar surface area (TPSA) is 111 Å². The number of nitrogens with zero attached hydrogens (tertiary/aromatic N) is 3. The van der Waals surface area contributed by atoms with Gasteiger partial charge in [-0.3, -0.25) is 18.6 Å². The molecule has 0 aliphatic heterocycles. The third-order valence-electron chi connectivity index (χ3n) is 6.07. The monoisotopic (exact) mass is 462 g/mol. The quantitative estimate of drug-likeness (QED) is 0.632. The summed E-state index contributed by atoms with van der Waals surface area (Å²) in [7, 11) is 0.474. The number of benzene rings is 1. The minimum absolute atomic E-state index is 0.0192. The van der Waals surface area contributed by atoms with Crippen LogP contribution in [0, 0.1) is 18.8 Å². The van der Waals surface area contributed by atoms with Crippen LogP contribution in [0.3, 0.4) is 0 Å². The van der Waals surface area contributed by atoms with Gasteiger partial charge in [0.15, 0.2) is 5.82 Å². The zero-order chi connectivity index (χ0) is 23.5. The maximum absolute atomic E-state index is 13.1. The van der Waals surface area contributed by atoms with Gasteiger partial charge < -0.3 is 10.1 Å². The molecule has 0 spiro atoms. The Morgan fingerprint density at radius 2 is 1.88 bits per heavy atom. The number of carbonyl (C=O) groups excluding carboxylic acids is 2. The van der Waals surface area contributed by atoms with Crippen molar-refractivity contribution >= 4 is 27.7 Å². The van der Waals surface area contributed by atoms with Crippen molar-refractivity contribution < 1.29 is 22.7 Å². The van der Waals surface area contributed by atoms with Gasteiger partial charge in [-0.1, -0.05) is 30.5 Å². The van der Waals surface area contributed by atoms with Crippen molar-refractivity contribution in [3.05, 3.63) is 41.6 Å². The number of sulfonamides is 1. The smallest absolute Gasteiger partial charge is 0.309 e. The van der Waals surface area contributed by atoms with Gasteiger partial charge in [-0.2, -0.15) is 5.10 Å². The molecule has 1 saturated carbocycles. The first-order valence-corrected chi connectivity index (χ1v) is 12.0. The van der Waals surface area contributed by atoms with E-state index in [0.717, 1.165) is 35.6 Å². The van der Waals surface area contributed by atoms with E-state index in [1.165, 1.54) is 37.2 Å². The van der Waals surface area contributed by atoms with E-state index in [0.29, 0.717) is 6.54 Å². The van der Waals surface area contributed by atoms with Crippen LogP contribution < -0.4 is 9.62 Å². The molecule has 1 aromatic carbocycles. The summed E-state index contributed by atoms with van der Waals surface area (Å²) in [4.78, 5) is 25.2. The Bertz CT molecular complexity index is 1080. The number of carbonyl (C=O) groups is 2. The number of aromatic nitrogens is 2. The summed E-state index contributed by atoms with van der Waals surface area (Å²) in [6.45, 7) is 2.18. The number of hydrogen-bond donors (Lipinski definition) is 1. The second kappa shape index (κ2) is 9.72. The van der Waals surface area contributed by atoms with E-state index >= 15 is 0 Å². The van der Waals surface area contributed by atoms with Gasteiger partial charge in [0.2, 0.25) is 0 Å². The van der Waals surface area contributed by atoms with Crippen LogP contribution in [0.1, 0.15) is 41.6 Å². The Morgan fingerprint density at radius 3 is 2.53 bits per heavy atom. The highest BCUT2D eigenvalue weighted by molar-refractivity contribution is 7.92. The zero-order valence-corrected chi connectivity index (χ0v) is 19.7. The molecule has 1 heterocycles. The number of aryl methyl sites for hydroxylation is 2. The second-order valence-corrected chi connectivity index (χ2v) is 10.1. The first kappa shape index (κ1) is 23.8. The van der Waals surface area contributed by atoms with Crippen LogP contribution in [-0.2, 0) is 26.6 Å². The summed E-state index contributed by atoms with van der Waals surface area (Å²) in [5, 5.41) is 6.97. The van der Waals surface area contributed by atoms with Crippen LogP contribution in [0.15, 0.2) is 35.4 Å². The molecule has 2 unspecified atom stereocenters. The minimum atomic E-state index is -3.88. The number of amides is 1. The summed E-state index contributed by atoms with van der Waals surface area (Å²) in [6, 6.07) is 6.51. The van der Waals surface area contributed by atoms with Crippen molar-refractivity contribution in [2.45, 2.75) is 37.5 Å². The van der Waals surface area contributed by atoms with Gasteiger partial charge in [0.1, 0.15) is 5.56 Å². The lowest BCUT2D eigenvalue weighted by atomic mass is 9.79. The molecule has 1 N–H and O–H groups in total. The fraction of sp³-hybridized carbons (Fsp3) is 0.500. The standard InChI is InChI=1S/C22H30N4O5S/c1-15-9-11-17(12-10-15)32(29,30)26(3)21-19(14-24-25(21)2)20(27)23-13-16-7-5-6-8-18(16)22(28)31-4/h9-12,14,16,18H,5-8,13H2,1-4H3,(H,23,27). The van der Waals surface area contributed by atoms with Crippen molar-refractivity contribution in [2.75, 3.05) is 25.0 Å². The largest absolute Gasteiger partial charge is 0.469 e. The second-order valence-electron chi connectivity index (χ2n) is 8.18. The van der Waals surface area contributed by atoms with Gasteiger partial charge in [0.05, 0.1) is 24.1 Å². The van der Waals surface area contributed by atoms with E-state index in [2.05, 4.69) is 10.4 Å². The lowest BCUT2D eigenvalue weighted by Gasteiger charge is -2.29. The van der Waals surface area contributed by atoms with Crippen LogP contribution in [0.5, 0.6) is 0 Å². The van der Waals surface area contributed by atoms with Gasteiger partial charge in [-0.05, 0) is 37.8 Å². The maximum Gasteiger partial charge on any atom is 0.309 e. The van der Waals surface area contributed by atoms with Crippen LogP contribution in [-0.4, -0.2) is 50.8 Å². The molecular weight excluding hydrogens is 432 g/mol. The molecule has 174 valence electrons. The minimum Gasteiger partial charge on any atom is -0.469 e. The van der Waals surface area contributed by atoms with Crippen LogP contribution >= 0.6 is 0 Å². The normalized spacial score (nSPS) is 18.8. The number of ether oxygens (including phenoxy) is 1. The number of anilines is 1. The Morgan fingerprint density at radius 1 is 1.22 bits per heavy atom. The van der Waals surface area contributed by atoms with Crippen molar-refractivity contribution in [1.82, 2.24) is 15.1 Å². The Labute approximate surface area is 188 Å². The van der Waals surface area contributed by atoms with E-state index < -0.39 is 15.9 Å². The molecular formula is C22H30N4O5S. The Balaban J connectivity index is 1.79. The van der Waals surface area contributed by atoms with E-state index in [-0.39, 0.29) is 34.1 Å². The number of methoxy groups -OCH3 is 1. The molecule has 0 bridgehead atoms. The van der Waals surface area contributed by atoms with Crippen LogP contribution in [0.4, 0.5) is 5.82 Å². The first-order valence-electron chi connectivity index (χ1n) is 10.6. The van der Waals surface area contributed by atoms with E-state index in [1.807, 2.05) is 6.92 Å². The molecule has 32 heavy (non-hydrogen) atoms. The molecule has 10 heteroatoms. The summed E-state index contributed by atoms with van der Waals surface area (Å²) in [6.07, 6.45) is 4.86. The third-order valence-corrected chi connectivity index (χ3v) is 7.83.